The number of hydrogen-bond acceptors (Lipinski definition) is 4. The zero-order chi connectivity index (χ0) is 12.3. The number of aromatic nitrogens is 2. The van der Waals surface area contributed by atoms with Gasteiger partial charge in [-0.2, -0.15) is 0 Å². The van der Waals surface area contributed by atoms with E-state index in [9.17, 15) is 9.18 Å². The zero-order valence-electron chi connectivity index (χ0n) is 8.50. The minimum Gasteiger partial charge on any atom is -0.478 e. The molecule has 2 rings (SSSR count). The van der Waals surface area contributed by atoms with Crippen molar-refractivity contribution in [2.75, 3.05) is 0 Å². The molecule has 0 fully saturated rings. The van der Waals surface area contributed by atoms with Gasteiger partial charge in [-0.15, -0.1) is 0 Å². The topological polar surface area (TPSA) is 72.3 Å². The first-order valence-corrected chi connectivity index (χ1v) is 4.64. The third-order valence-corrected chi connectivity index (χ3v) is 1.92. The van der Waals surface area contributed by atoms with Crippen molar-refractivity contribution in [1.82, 2.24) is 9.97 Å². The lowest BCUT2D eigenvalue weighted by Gasteiger charge is -2.06. The van der Waals surface area contributed by atoms with E-state index in [-0.39, 0.29) is 17.3 Å². The maximum absolute atomic E-state index is 12.9. The second kappa shape index (κ2) is 4.56. The standard InChI is InChI=1S/C11H7FN2O3/c12-7-2-3-9(8(6-7)10(15)16)17-11-13-4-1-5-14-11/h1-6H,(H,15,16). The molecule has 0 saturated heterocycles. The first-order valence-electron chi connectivity index (χ1n) is 4.64. The molecule has 0 aliphatic rings. The van der Waals surface area contributed by atoms with Crippen molar-refractivity contribution in [2.45, 2.75) is 0 Å². The molecule has 0 aliphatic carbocycles. The second-order valence-electron chi connectivity index (χ2n) is 3.08. The van der Waals surface area contributed by atoms with E-state index in [1.54, 1.807) is 6.07 Å². The van der Waals surface area contributed by atoms with Gasteiger partial charge < -0.3 is 9.84 Å². The molecular weight excluding hydrogens is 227 g/mol. The van der Waals surface area contributed by atoms with E-state index in [1.807, 2.05) is 0 Å². The van der Waals surface area contributed by atoms with Gasteiger partial charge in [0.25, 0.3) is 0 Å². The summed E-state index contributed by atoms with van der Waals surface area (Å²) >= 11 is 0. The highest BCUT2D eigenvalue weighted by Crippen LogP contribution is 2.23. The second-order valence-corrected chi connectivity index (χ2v) is 3.08. The molecule has 17 heavy (non-hydrogen) atoms. The van der Waals surface area contributed by atoms with E-state index in [4.69, 9.17) is 9.84 Å². The van der Waals surface area contributed by atoms with Crippen molar-refractivity contribution in [1.29, 1.82) is 0 Å². The Balaban J connectivity index is 2.36. The van der Waals surface area contributed by atoms with Crippen LogP contribution in [0.3, 0.4) is 0 Å². The number of benzene rings is 1. The molecule has 1 aromatic carbocycles. The Bertz CT molecular complexity index is 546. The molecule has 1 N–H and O–H groups in total. The van der Waals surface area contributed by atoms with E-state index in [0.717, 1.165) is 12.1 Å². The number of rotatable bonds is 3. The van der Waals surface area contributed by atoms with Crippen molar-refractivity contribution in [3.63, 3.8) is 0 Å². The lowest BCUT2D eigenvalue weighted by molar-refractivity contribution is 0.0693. The van der Waals surface area contributed by atoms with Gasteiger partial charge in [0.15, 0.2) is 0 Å². The van der Waals surface area contributed by atoms with Gasteiger partial charge >= 0.3 is 12.0 Å². The van der Waals surface area contributed by atoms with Crippen LogP contribution in [0.5, 0.6) is 11.8 Å². The van der Waals surface area contributed by atoms with Crippen LogP contribution in [0.1, 0.15) is 10.4 Å². The quantitative estimate of drug-likeness (QED) is 0.880. The number of carboxylic acids is 1. The van der Waals surface area contributed by atoms with Crippen LogP contribution < -0.4 is 4.74 Å². The fourth-order valence-electron chi connectivity index (χ4n) is 1.19. The highest BCUT2D eigenvalue weighted by atomic mass is 19.1. The molecule has 6 heteroatoms. The van der Waals surface area contributed by atoms with Crippen molar-refractivity contribution in [3.8, 4) is 11.8 Å². The molecule has 0 spiro atoms. The summed E-state index contributed by atoms with van der Waals surface area (Å²) in [5, 5.41) is 8.88. The third-order valence-electron chi connectivity index (χ3n) is 1.92. The zero-order valence-corrected chi connectivity index (χ0v) is 8.50. The predicted molar refractivity (Wildman–Crippen MR) is 55.5 cm³/mol. The van der Waals surface area contributed by atoms with Crippen LogP contribution in [-0.4, -0.2) is 21.0 Å². The molecular formula is C11H7FN2O3. The summed E-state index contributed by atoms with van der Waals surface area (Å²) in [6.07, 6.45) is 2.90. The maximum Gasteiger partial charge on any atom is 0.339 e. The third kappa shape index (κ3) is 2.54. The van der Waals surface area contributed by atoms with Crippen LogP contribution in [0.15, 0.2) is 36.7 Å². The van der Waals surface area contributed by atoms with Crippen molar-refractivity contribution < 1.29 is 19.0 Å². The van der Waals surface area contributed by atoms with Crippen LogP contribution in [0.4, 0.5) is 4.39 Å². The molecule has 2 aromatic rings. The van der Waals surface area contributed by atoms with Crippen LogP contribution in [-0.2, 0) is 0 Å². The van der Waals surface area contributed by atoms with Crippen LogP contribution in [0.2, 0.25) is 0 Å². The van der Waals surface area contributed by atoms with Gasteiger partial charge in [-0.3, -0.25) is 0 Å². The fourth-order valence-corrected chi connectivity index (χ4v) is 1.19. The molecule has 86 valence electrons. The van der Waals surface area contributed by atoms with Gasteiger partial charge in [-0.1, -0.05) is 0 Å². The first-order chi connectivity index (χ1) is 8.16. The highest BCUT2D eigenvalue weighted by Gasteiger charge is 2.13. The number of carboxylic acid groups (broad SMARTS) is 1. The summed E-state index contributed by atoms with van der Waals surface area (Å²) in [4.78, 5) is 18.4. The van der Waals surface area contributed by atoms with Gasteiger partial charge in [-0.05, 0) is 24.3 Å². The van der Waals surface area contributed by atoms with Crippen LogP contribution >= 0.6 is 0 Å². The lowest BCUT2D eigenvalue weighted by Crippen LogP contribution is -2.02. The summed E-state index contributed by atoms with van der Waals surface area (Å²) in [5.41, 5.74) is -0.280. The fraction of sp³-hybridized carbons (Fsp3) is 0. The summed E-state index contributed by atoms with van der Waals surface area (Å²) < 4.78 is 18.1. The normalized spacial score (nSPS) is 9.94. The number of aromatic carboxylic acids is 1. The Hall–Kier alpha value is -2.50. The van der Waals surface area contributed by atoms with Crippen LogP contribution in [0, 0.1) is 5.82 Å². The Morgan fingerprint density at radius 3 is 2.65 bits per heavy atom. The van der Waals surface area contributed by atoms with E-state index in [0.29, 0.717) is 0 Å². The Labute approximate surface area is 95.5 Å². The summed E-state index contributed by atoms with van der Waals surface area (Å²) in [6, 6.07) is 4.79. The molecule has 5 nitrogen and oxygen atoms in total. The smallest absolute Gasteiger partial charge is 0.339 e. The van der Waals surface area contributed by atoms with E-state index < -0.39 is 11.8 Å². The molecule has 1 aromatic heterocycles. The lowest BCUT2D eigenvalue weighted by atomic mass is 10.2. The number of hydrogen-bond donors (Lipinski definition) is 1. The molecule has 0 bridgehead atoms. The van der Waals surface area contributed by atoms with Crippen molar-refractivity contribution >= 4 is 5.97 Å². The Kier molecular flexibility index (Phi) is 2.95. The van der Waals surface area contributed by atoms with Gasteiger partial charge in [0.05, 0.1) is 0 Å². The Morgan fingerprint density at radius 2 is 2.00 bits per heavy atom. The number of nitrogens with zero attached hydrogens (tertiary/aromatic N) is 2. The van der Waals surface area contributed by atoms with Crippen molar-refractivity contribution in [3.05, 3.63) is 48.0 Å². The number of halogens is 1. The highest BCUT2D eigenvalue weighted by molar-refractivity contribution is 5.90. The number of ether oxygens (including phenoxy) is 1. The molecule has 0 saturated carbocycles. The minimum absolute atomic E-state index is 0.00149. The predicted octanol–water partition coefficient (Wildman–Crippen LogP) is 2.11. The maximum atomic E-state index is 12.9. The average molecular weight is 234 g/mol. The summed E-state index contributed by atoms with van der Waals surface area (Å²) in [7, 11) is 0. The van der Waals surface area contributed by atoms with Crippen molar-refractivity contribution in [2.24, 2.45) is 0 Å². The molecule has 0 atom stereocenters. The monoisotopic (exact) mass is 234 g/mol. The molecule has 0 radical (unpaired) electrons. The molecule has 0 amide bonds. The average Bonchev–Trinajstić information content (AvgIpc) is 2.32. The Morgan fingerprint density at radius 1 is 1.29 bits per heavy atom. The van der Waals surface area contributed by atoms with Crippen LogP contribution in [0.25, 0.3) is 0 Å². The van der Waals surface area contributed by atoms with Gasteiger partial charge in [0.2, 0.25) is 0 Å². The summed E-state index contributed by atoms with van der Waals surface area (Å²) in [6.45, 7) is 0. The summed E-state index contributed by atoms with van der Waals surface area (Å²) in [5.74, 6) is -1.94. The van der Waals surface area contributed by atoms with E-state index >= 15 is 0 Å². The van der Waals surface area contributed by atoms with Gasteiger partial charge in [0, 0.05) is 12.4 Å². The first kappa shape index (κ1) is 11.0. The molecule has 0 unspecified atom stereocenters. The minimum atomic E-state index is -1.28. The van der Waals surface area contributed by atoms with E-state index in [1.165, 1.54) is 18.5 Å². The van der Waals surface area contributed by atoms with Gasteiger partial charge in [0.1, 0.15) is 17.1 Å². The number of carbonyl (C=O) groups is 1. The largest absolute Gasteiger partial charge is 0.478 e. The molecule has 1 heterocycles. The van der Waals surface area contributed by atoms with E-state index in [2.05, 4.69) is 9.97 Å². The SMILES string of the molecule is O=C(O)c1cc(F)ccc1Oc1ncccn1. The molecule has 0 aliphatic heterocycles. The van der Waals surface area contributed by atoms with Gasteiger partial charge in [-0.25, -0.2) is 19.2 Å².